The van der Waals surface area contributed by atoms with Crippen molar-refractivity contribution in [1.82, 2.24) is 9.88 Å². The Bertz CT molecular complexity index is 672. The summed E-state index contributed by atoms with van der Waals surface area (Å²) in [5, 5.41) is 0.498. The van der Waals surface area contributed by atoms with E-state index in [2.05, 4.69) is 4.98 Å². The maximum atomic E-state index is 12.8. The average molecular weight is 315 g/mol. The van der Waals surface area contributed by atoms with Crippen LogP contribution >= 0.6 is 11.6 Å². The Balaban J connectivity index is 1.93. The monoisotopic (exact) mass is 314 g/mol. The molecule has 1 aromatic carbocycles. The molecule has 0 radical (unpaired) electrons. The first-order valence-corrected chi connectivity index (χ1v) is 8.02. The Hall–Kier alpha value is -1.87. The Kier molecular flexibility index (Phi) is 4.44. The molecular weight excluding hydrogens is 296 g/mol. The van der Waals surface area contributed by atoms with Gasteiger partial charge in [-0.3, -0.25) is 4.79 Å². The molecule has 1 aromatic heterocycles. The second-order valence-corrected chi connectivity index (χ2v) is 6.13. The molecule has 1 aliphatic heterocycles. The number of aryl methyl sites for hydroxylation is 1. The Morgan fingerprint density at radius 2 is 2.05 bits per heavy atom. The summed E-state index contributed by atoms with van der Waals surface area (Å²) in [6.07, 6.45) is 4.97. The fourth-order valence-electron chi connectivity index (χ4n) is 3.13. The predicted molar refractivity (Wildman–Crippen MR) is 88.1 cm³/mol. The van der Waals surface area contributed by atoms with E-state index in [4.69, 9.17) is 11.6 Å². The summed E-state index contributed by atoms with van der Waals surface area (Å²) >= 11 is 5.96. The SMILES string of the molecule is Cc1cc(Cl)ncc1C1CCCCN1C(=O)c1ccccc1. The number of piperidine rings is 1. The highest BCUT2D eigenvalue weighted by Crippen LogP contribution is 2.34. The van der Waals surface area contributed by atoms with Crippen LogP contribution in [0.3, 0.4) is 0 Å². The summed E-state index contributed by atoms with van der Waals surface area (Å²) in [7, 11) is 0. The van der Waals surface area contributed by atoms with Crippen LogP contribution in [0.25, 0.3) is 0 Å². The lowest BCUT2D eigenvalue weighted by molar-refractivity contribution is 0.0610. The van der Waals surface area contributed by atoms with Crippen LogP contribution in [0.1, 0.15) is 46.8 Å². The topological polar surface area (TPSA) is 33.2 Å². The van der Waals surface area contributed by atoms with Gasteiger partial charge in [0.2, 0.25) is 0 Å². The maximum absolute atomic E-state index is 12.8. The molecule has 2 aromatic rings. The van der Waals surface area contributed by atoms with Gasteiger partial charge < -0.3 is 4.90 Å². The molecule has 0 bridgehead atoms. The number of rotatable bonds is 2. The Labute approximate surface area is 135 Å². The van der Waals surface area contributed by atoms with Crippen molar-refractivity contribution in [3.05, 3.63) is 64.4 Å². The van der Waals surface area contributed by atoms with Gasteiger partial charge >= 0.3 is 0 Å². The van der Waals surface area contributed by atoms with Crippen LogP contribution in [0.15, 0.2) is 42.6 Å². The molecule has 1 unspecified atom stereocenters. The van der Waals surface area contributed by atoms with E-state index in [1.165, 1.54) is 0 Å². The first kappa shape index (κ1) is 15.0. The largest absolute Gasteiger partial charge is 0.332 e. The zero-order valence-electron chi connectivity index (χ0n) is 12.6. The van der Waals surface area contributed by atoms with Crippen LogP contribution in [-0.2, 0) is 0 Å². The van der Waals surface area contributed by atoms with E-state index in [9.17, 15) is 4.79 Å². The van der Waals surface area contributed by atoms with E-state index in [0.29, 0.717) is 5.15 Å². The highest BCUT2D eigenvalue weighted by molar-refractivity contribution is 6.29. The zero-order chi connectivity index (χ0) is 15.5. The van der Waals surface area contributed by atoms with Gasteiger partial charge in [-0.25, -0.2) is 4.98 Å². The van der Waals surface area contributed by atoms with Gasteiger partial charge in [0, 0.05) is 18.3 Å². The summed E-state index contributed by atoms with van der Waals surface area (Å²) < 4.78 is 0. The lowest BCUT2D eigenvalue weighted by Gasteiger charge is -2.36. The van der Waals surface area contributed by atoms with Crippen molar-refractivity contribution in [2.24, 2.45) is 0 Å². The molecule has 3 rings (SSSR count). The molecule has 1 atom stereocenters. The van der Waals surface area contributed by atoms with Crippen LogP contribution in [0, 0.1) is 6.92 Å². The molecule has 3 nitrogen and oxygen atoms in total. The molecule has 22 heavy (non-hydrogen) atoms. The molecule has 0 spiro atoms. The van der Waals surface area contributed by atoms with Gasteiger partial charge in [-0.2, -0.15) is 0 Å². The first-order chi connectivity index (χ1) is 10.7. The average Bonchev–Trinajstić information content (AvgIpc) is 2.55. The van der Waals surface area contributed by atoms with Crippen molar-refractivity contribution in [2.45, 2.75) is 32.2 Å². The lowest BCUT2D eigenvalue weighted by Crippen LogP contribution is -2.38. The van der Waals surface area contributed by atoms with Gasteiger partial charge in [-0.15, -0.1) is 0 Å². The minimum atomic E-state index is 0.0891. The van der Waals surface area contributed by atoms with E-state index in [1.54, 1.807) is 0 Å². The van der Waals surface area contributed by atoms with Gasteiger partial charge in [-0.1, -0.05) is 29.8 Å². The summed E-state index contributed by atoms with van der Waals surface area (Å²) in [5.74, 6) is 0.0969. The smallest absolute Gasteiger partial charge is 0.254 e. The number of nitrogens with zero attached hydrogens (tertiary/aromatic N) is 2. The van der Waals surface area contributed by atoms with Crippen LogP contribution in [-0.4, -0.2) is 22.3 Å². The lowest BCUT2D eigenvalue weighted by atomic mass is 9.93. The van der Waals surface area contributed by atoms with Crippen molar-refractivity contribution in [3.63, 3.8) is 0 Å². The van der Waals surface area contributed by atoms with E-state index in [1.807, 2.05) is 54.4 Å². The van der Waals surface area contributed by atoms with Gasteiger partial charge in [0.15, 0.2) is 0 Å². The third-order valence-electron chi connectivity index (χ3n) is 4.26. The van der Waals surface area contributed by atoms with E-state index in [-0.39, 0.29) is 11.9 Å². The van der Waals surface area contributed by atoms with Crippen LogP contribution in [0.5, 0.6) is 0 Å². The molecule has 0 saturated carbocycles. The van der Waals surface area contributed by atoms with Gasteiger partial charge in [-0.05, 0) is 55.5 Å². The molecule has 0 aliphatic carbocycles. The number of likely N-dealkylation sites (tertiary alicyclic amines) is 1. The van der Waals surface area contributed by atoms with Crippen molar-refractivity contribution < 1.29 is 4.79 Å². The second-order valence-electron chi connectivity index (χ2n) is 5.74. The van der Waals surface area contributed by atoms with Crippen molar-refractivity contribution in [1.29, 1.82) is 0 Å². The minimum absolute atomic E-state index is 0.0891. The van der Waals surface area contributed by atoms with Crippen LogP contribution in [0.4, 0.5) is 0 Å². The van der Waals surface area contributed by atoms with E-state index < -0.39 is 0 Å². The molecular formula is C18H19ClN2O. The number of carbonyl (C=O) groups excluding carboxylic acids is 1. The van der Waals surface area contributed by atoms with Gasteiger partial charge in [0.1, 0.15) is 5.15 Å². The molecule has 1 saturated heterocycles. The summed E-state index contributed by atoms with van der Waals surface area (Å²) in [4.78, 5) is 19.0. The van der Waals surface area contributed by atoms with E-state index >= 15 is 0 Å². The van der Waals surface area contributed by atoms with Crippen molar-refractivity contribution in [3.8, 4) is 0 Å². The van der Waals surface area contributed by atoms with Crippen molar-refractivity contribution in [2.75, 3.05) is 6.54 Å². The van der Waals surface area contributed by atoms with Crippen LogP contribution < -0.4 is 0 Å². The van der Waals surface area contributed by atoms with Gasteiger partial charge in [0.25, 0.3) is 5.91 Å². The summed E-state index contributed by atoms with van der Waals surface area (Å²) in [5.41, 5.74) is 2.94. The highest BCUT2D eigenvalue weighted by Gasteiger charge is 2.29. The molecule has 1 amide bonds. The maximum Gasteiger partial charge on any atom is 0.254 e. The number of carbonyl (C=O) groups is 1. The predicted octanol–water partition coefficient (Wildman–Crippen LogP) is 4.41. The molecule has 114 valence electrons. The number of pyridine rings is 1. The standard InChI is InChI=1S/C18H19ClN2O/c1-13-11-17(19)20-12-15(13)16-9-5-6-10-21(16)18(22)14-7-3-2-4-8-14/h2-4,7-8,11-12,16H,5-6,9-10H2,1H3. The second kappa shape index (κ2) is 6.49. The summed E-state index contributed by atoms with van der Waals surface area (Å²) in [6.45, 7) is 2.82. The number of amides is 1. The minimum Gasteiger partial charge on any atom is -0.332 e. The third-order valence-corrected chi connectivity index (χ3v) is 4.47. The van der Waals surface area contributed by atoms with Crippen LogP contribution in [0.2, 0.25) is 5.15 Å². The highest BCUT2D eigenvalue weighted by atomic mass is 35.5. The fraction of sp³-hybridized carbons (Fsp3) is 0.333. The van der Waals surface area contributed by atoms with Crippen molar-refractivity contribution >= 4 is 17.5 Å². The number of aromatic nitrogens is 1. The quantitative estimate of drug-likeness (QED) is 0.769. The molecule has 1 aliphatic rings. The third kappa shape index (κ3) is 3.00. The number of hydrogen-bond acceptors (Lipinski definition) is 2. The summed E-state index contributed by atoms with van der Waals surface area (Å²) in [6, 6.07) is 11.4. The normalized spacial score (nSPS) is 18.3. The number of halogens is 1. The molecule has 1 fully saturated rings. The zero-order valence-corrected chi connectivity index (χ0v) is 13.4. The molecule has 0 N–H and O–H groups in total. The first-order valence-electron chi connectivity index (χ1n) is 7.65. The Morgan fingerprint density at radius 1 is 1.27 bits per heavy atom. The number of hydrogen-bond donors (Lipinski definition) is 0. The Morgan fingerprint density at radius 3 is 2.77 bits per heavy atom. The number of benzene rings is 1. The van der Waals surface area contributed by atoms with Gasteiger partial charge in [0.05, 0.1) is 6.04 Å². The fourth-order valence-corrected chi connectivity index (χ4v) is 3.34. The molecule has 2 heterocycles. The van der Waals surface area contributed by atoms with E-state index in [0.717, 1.165) is 42.5 Å². The molecule has 4 heteroatoms.